The van der Waals surface area contributed by atoms with Crippen molar-refractivity contribution in [2.24, 2.45) is 33.6 Å². The van der Waals surface area contributed by atoms with Gasteiger partial charge in [0, 0.05) is 70.8 Å². The van der Waals surface area contributed by atoms with Gasteiger partial charge < -0.3 is 80.4 Å². The summed E-state index contributed by atoms with van der Waals surface area (Å²) >= 11 is 12.2. The molecule has 14 rings (SSSR count). The highest BCUT2D eigenvalue weighted by atomic mass is 79.9. The van der Waals surface area contributed by atoms with Gasteiger partial charge in [-0.25, -0.2) is 69.9 Å². The fraction of sp³-hybridized carbons (Fsp3) is 0.463. The van der Waals surface area contributed by atoms with Crippen molar-refractivity contribution in [1.29, 1.82) is 0 Å². The summed E-state index contributed by atoms with van der Waals surface area (Å²) in [5.74, 6) is 5.25. The maximum atomic E-state index is 14.3. The number of fused-ring (bicyclic) bond motifs is 3. The second kappa shape index (κ2) is 42.5. The molecule has 31 nitrogen and oxygen atoms in total. The zero-order chi connectivity index (χ0) is 85.3. The number of aliphatic hydroxyl groups is 3. The van der Waals surface area contributed by atoms with Crippen LogP contribution in [0.3, 0.4) is 0 Å². The number of aliphatic hydroxyl groups excluding tert-OH is 3. The van der Waals surface area contributed by atoms with Gasteiger partial charge in [-0.3, -0.25) is 19.7 Å². The van der Waals surface area contributed by atoms with Crippen LogP contribution in [0.2, 0.25) is 0 Å². The summed E-state index contributed by atoms with van der Waals surface area (Å²) in [6.07, 6.45) is 1.53. The number of aryl methyl sites for hydroxylation is 3. The number of pyridine rings is 2. The van der Waals surface area contributed by atoms with E-state index >= 15 is 0 Å². The SMILES string of the molecule is C.CC1(C)OCC(CON)CO1.CO.COc1cccc(-c2cc(F)ccc2[C@H]2Cc3nc(N)nc(C)c3C(NOCC(CO)CO)=N2)n1.COc1cccc(B2OC(C)(C)C(C)(C)O2)n1.Cc1nc(N)nc2c1C(=S)N[C@@H](c1ccc(F)cc1Br)C2.Cc1nc(N)nc2c1C(NOCC1COC(C)(C)OC1)=N[C@@H](c1ccc(F)cc1Br)C2. The number of aliphatic imine (C=N–C) groups is 2. The number of nitrogen functional groups attached to an aromatic ring is 3. The molecule has 0 amide bonds. The van der Waals surface area contributed by atoms with Gasteiger partial charge in [0.1, 0.15) is 22.4 Å². The molecular formula is C80H105BBr2F3N17O14S. The first kappa shape index (κ1) is 94.8. The number of ether oxygens (including phenoxy) is 6. The van der Waals surface area contributed by atoms with Crippen molar-refractivity contribution in [1.82, 2.24) is 56.1 Å². The van der Waals surface area contributed by atoms with Crippen LogP contribution in [0.4, 0.5) is 31.0 Å². The van der Waals surface area contributed by atoms with Crippen LogP contribution in [0.15, 0.2) is 110 Å². The fourth-order valence-electron chi connectivity index (χ4n) is 12.7. The molecule has 0 bridgehead atoms. The summed E-state index contributed by atoms with van der Waals surface area (Å²) in [6.45, 7) is 24.0. The highest BCUT2D eigenvalue weighted by molar-refractivity contribution is 9.10. The minimum absolute atomic E-state index is 0. The topological polar surface area (TPSA) is 430 Å². The second-order valence-corrected chi connectivity index (χ2v) is 31.7. The highest BCUT2D eigenvalue weighted by Gasteiger charge is 2.52. The van der Waals surface area contributed by atoms with Crippen molar-refractivity contribution in [2.45, 2.75) is 144 Å². The number of methoxy groups -OCH3 is 2. The molecular weight excluding hydrogens is 1680 g/mol. The van der Waals surface area contributed by atoms with Crippen LogP contribution in [0.1, 0.15) is 148 Å². The van der Waals surface area contributed by atoms with Crippen LogP contribution in [-0.2, 0) is 62.0 Å². The van der Waals surface area contributed by atoms with Gasteiger partial charge in [0.15, 0.2) is 23.2 Å². The van der Waals surface area contributed by atoms with Gasteiger partial charge in [-0.05, 0) is 141 Å². The van der Waals surface area contributed by atoms with Crippen LogP contribution >= 0.6 is 44.1 Å². The zero-order valence-electron chi connectivity index (χ0n) is 67.6. The first-order chi connectivity index (χ1) is 55.6. The number of hydroxylamine groups is 2. The van der Waals surface area contributed by atoms with E-state index in [-0.39, 0.29) is 91.8 Å². The molecule has 3 atom stereocenters. The highest BCUT2D eigenvalue weighted by Crippen LogP contribution is 2.40. The summed E-state index contributed by atoms with van der Waals surface area (Å²) in [4.78, 5) is 60.6. The molecule has 0 spiro atoms. The molecule has 8 aromatic rings. The monoisotopic (exact) mass is 1790 g/mol. The Morgan fingerprint density at radius 1 is 0.568 bits per heavy atom. The van der Waals surface area contributed by atoms with Gasteiger partial charge in [-0.15, -0.1) is 0 Å². The third-order valence-corrected chi connectivity index (χ3v) is 21.2. The normalized spacial score (nSPS) is 18.5. The quantitative estimate of drug-likeness (QED) is 0.0230. The predicted octanol–water partition coefficient (Wildman–Crippen LogP) is 9.72. The minimum atomic E-state index is -0.569. The van der Waals surface area contributed by atoms with E-state index in [1.807, 2.05) is 81.4 Å². The van der Waals surface area contributed by atoms with Crippen LogP contribution in [0.25, 0.3) is 11.3 Å². The fourth-order valence-corrected chi connectivity index (χ4v) is 14.4. The number of nitrogens with one attached hydrogen (secondary N) is 3. The Hall–Kier alpha value is -8.68. The summed E-state index contributed by atoms with van der Waals surface area (Å²) in [7, 11) is 3.68. The molecule has 0 aliphatic carbocycles. The number of thiocarbonyl (C=S) groups is 1. The summed E-state index contributed by atoms with van der Waals surface area (Å²) < 4.78 is 86.7. The van der Waals surface area contributed by atoms with Crippen molar-refractivity contribution in [2.75, 3.05) is 98.0 Å². The number of hydrogen-bond acceptors (Lipinski definition) is 31. The van der Waals surface area contributed by atoms with Crippen molar-refractivity contribution in [3.63, 3.8) is 0 Å². The average Bonchev–Trinajstić information content (AvgIpc) is 1.27. The van der Waals surface area contributed by atoms with Gasteiger partial charge in [0.05, 0.1) is 165 Å². The number of rotatable bonds is 17. The molecule has 638 valence electrons. The molecule has 0 radical (unpaired) electrons. The van der Waals surface area contributed by atoms with E-state index in [0.29, 0.717) is 130 Å². The molecule has 11 heterocycles. The number of nitrogens with two attached hydrogens (primary N) is 4. The number of anilines is 3. The van der Waals surface area contributed by atoms with Crippen LogP contribution in [-0.4, -0.2) is 183 Å². The standard InChI is InChI=1S/C24H27FN6O4.C21H25BrFN5O3.C14H12BrFN4S.C12H18BNO3.C7H15NO3.CH4O.CH4/c1-13-22-20(30-24(26)27-13)9-19(29-23(22)31-35-12-14(10-32)11-33)16-7-6-15(25)8-17(16)18-4-3-5-21(28-18)34-2;1-11-18-17(27-20(24)25-11)7-16(14-5-4-13(23)6-15(14)22)26-19(18)28-31-10-12-8-29-21(2,3)30-9-12;1-6-12-11(20-14(17)18-6)5-10(19-13(12)21)8-3-2-7(16)4-9(8)15;1-11(2)12(3,4)17-13(16-11)9-7-6-8-10(14-9)15-5;1-7(2)9-3-6(4-10-7)5-11-8;1-2;/h3-8,14,19,32-33H,9-12H2,1-2H3,(H,29,31)(H2,26,27,30);4-6,12,16H,7-10H2,1-3H3,(H,26,28)(H2,24,25,27);2-4,10H,5H2,1H3,(H,19,21)(H2,17,18,20);6-8H,1-5H3;6H,3-5,8H2,1-2H3;2H,1H3;1H4/t19-;16-;10-;;;;/m111..../s1. The summed E-state index contributed by atoms with van der Waals surface area (Å²) in [5.41, 5.74) is 33.6. The number of aromatic nitrogens is 8. The largest absolute Gasteiger partial charge is 0.514 e. The third-order valence-electron chi connectivity index (χ3n) is 19.5. The van der Waals surface area contributed by atoms with E-state index < -0.39 is 36.5 Å². The lowest BCUT2D eigenvalue weighted by atomic mass is 9.84. The summed E-state index contributed by atoms with van der Waals surface area (Å²) in [6, 6.07) is 23.6. The molecule has 3 saturated heterocycles. The first-order valence-electron chi connectivity index (χ1n) is 37.3. The van der Waals surface area contributed by atoms with E-state index in [0.717, 1.165) is 57.6 Å². The van der Waals surface area contributed by atoms with Gasteiger partial charge >= 0.3 is 7.12 Å². The molecule has 118 heavy (non-hydrogen) atoms. The molecule has 6 aliphatic rings. The van der Waals surface area contributed by atoms with Crippen LogP contribution in [0.5, 0.6) is 11.8 Å². The smallest absolute Gasteiger partial charge is 0.481 e. The van der Waals surface area contributed by atoms with Crippen LogP contribution in [0, 0.1) is 56.0 Å². The van der Waals surface area contributed by atoms with Gasteiger partial charge in [-0.2, -0.15) is 0 Å². The number of halogens is 5. The van der Waals surface area contributed by atoms with Gasteiger partial charge in [-0.1, -0.05) is 81.8 Å². The van der Waals surface area contributed by atoms with E-state index in [9.17, 15) is 23.4 Å². The van der Waals surface area contributed by atoms with Gasteiger partial charge in [0.2, 0.25) is 29.6 Å². The zero-order valence-corrected chi connectivity index (χ0v) is 71.6. The van der Waals surface area contributed by atoms with Crippen molar-refractivity contribution >= 4 is 91.3 Å². The van der Waals surface area contributed by atoms with Crippen LogP contribution < -0.4 is 54.4 Å². The molecule has 6 aliphatic heterocycles. The Labute approximate surface area is 707 Å². The Balaban J connectivity index is 0.000000191. The molecule has 38 heteroatoms. The number of benzene rings is 3. The average molecular weight is 1790 g/mol. The maximum absolute atomic E-state index is 14.3. The number of nitrogens with zero attached hydrogens (tertiary/aromatic N) is 10. The molecule has 5 aromatic heterocycles. The molecule has 0 saturated carbocycles. The molecule has 3 fully saturated rings. The van der Waals surface area contributed by atoms with E-state index in [4.69, 9.17) is 97.8 Å². The molecule has 3 aromatic carbocycles. The van der Waals surface area contributed by atoms with E-state index in [2.05, 4.69) is 92.8 Å². The summed E-state index contributed by atoms with van der Waals surface area (Å²) in [5, 5.41) is 28.9. The minimum Gasteiger partial charge on any atom is -0.481 e. The Morgan fingerprint density at radius 2 is 1.00 bits per heavy atom. The van der Waals surface area contributed by atoms with Crippen molar-refractivity contribution < 1.29 is 80.7 Å². The number of hydrogen-bond donors (Lipinski definition) is 10. The first-order valence-corrected chi connectivity index (χ1v) is 39.3. The lowest BCUT2D eigenvalue weighted by Gasteiger charge is -2.34. The lowest BCUT2D eigenvalue weighted by Crippen LogP contribution is -2.42. The Bertz CT molecular complexity index is 4780. The van der Waals surface area contributed by atoms with E-state index in [1.165, 1.54) is 43.5 Å². The predicted molar refractivity (Wildman–Crippen MR) is 451 cm³/mol. The van der Waals surface area contributed by atoms with Gasteiger partial charge in [0.25, 0.3) is 0 Å². The Morgan fingerprint density at radius 3 is 1.48 bits per heavy atom. The lowest BCUT2D eigenvalue weighted by molar-refractivity contribution is -0.267. The third kappa shape index (κ3) is 25.0. The maximum Gasteiger partial charge on any atom is 0.514 e. The van der Waals surface area contributed by atoms with E-state index in [1.54, 1.807) is 56.5 Å². The van der Waals surface area contributed by atoms with Crippen molar-refractivity contribution in [3.05, 3.63) is 185 Å². The van der Waals surface area contributed by atoms with Crippen molar-refractivity contribution in [3.8, 4) is 23.0 Å². The number of amidine groups is 2. The second-order valence-electron chi connectivity index (χ2n) is 29.6. The Kier molecular flexibility index (Phi) is 34.2. The molecule has 0 unspecified atom stereocenters. The molecule has 14 N–H and O–H groups in total.